The van der Waals surface area contributed by atoms with Gasteiger partial charge in [0.15, 0.2) is 0 Å². The van der Waals surface area contributed by atoms with E-state index < -0.39 is 6.10 Å². The van der Waals surface area contributed by atoms with Crippen molar-refractivity contribution in [3.63, 3.8) is 0 Å². The van der Waals surface area contributed by atoms with Gasteiger partial charge in [-0.05, 0) is 31.0 Å². The van der Waals surface area contributed by atoms with Crippen LogP contribution in [0.5, 0.6) is 5.75 Å². The van der Waals surface area contributed by atoms with Crippen molar-refractivity contribution >= 4 is 0 Å². The monoisotopic (exact) mass is 330 g/mol. The molecule has 0 aliphatic carbocycles. The molecule has 24 heavy (non-hydrogen) atoms. The van der Waals surface area contributed by atoms with Crippen LogP contribution in [-0.2, 0) is 12.0 Å². The van der Waals surface area contributed by atoms with E-state index in [4.69, 9.17) is 4.74 Å². The number of aliphatic hydroxyl groups excluding tert-OH is 1. The van der Waals surface area contributed by atoms with Crippen molar-refractivity contribution < 1.29 is 9.84 Å². The highest BCUT2D eigenvalue weighted by atomic mass is 16.5. The normalized spacial score (nSPS) is 12.9. The van der Waals surface area contributed by atoms with Gasteiger partial charge in [-0.15, -0.1) is 0 Å². The minimum absolute atomic E-state index is 0.105. The van der Waals surface area contributed by atoms with E-state index in [9.17, 15) is 9.90 Å². The lowest BCUT2D eigenvalue weighted by molar-refractivity contribution is 0.0869. The predicted molar refractivity (Wildman–Crippen MR) is 94.6 cm³/mol. The molecule has 5 heteroatoms. The Hall–Kier alpha value is -2.14. The first kappa shape index (κ1) is 18.2. The Balaban J connectivity index is 2.07. The molecule has 1 heterocycles. The highest BCUT2D eigenvalue weighted by Crippen LogP contribution is 2.22. The second-order valence-corrected chi connectivity index (χ2v) is 7.17. The Kier molecular flexibility index (Phi) is 5.44. The third-order valence-corrected chi connectivity index (χ3v) is 3.85. The number of nitrogens with zero attached hydrogens (tertiary/aromatic N) is 2. The number of rotatable bonds is 5. The average molecular weight is 330 g/mol. The maximum Gasteiger partial charge on any atom is 0.266 e. The molecule has 0 amide bonds. The minimum atomic E-state index is -0.815. The SMILES string of the molecule is Cc1cccc(C)c1OCC(O)Cn1nc(C(C)(C)C)ccc1=O. The first-order chi connectivity index (χ1) is 11.2. The van der Waals surface area contributed by atoms with E-state index in [0.29, 0.717) is 0 Å². The van der Waals surface area contributed by atoms with Crippen molar-refractivity contribution in [1.29, 1.82) is 0 Å². The number of aryl methyl sites for hydroxylation is 2. The highest BCUT2D eigenvalue weighted by molar-refractivity contribution is 5.39. The van der Waals surface area contributed by atoms with Crippen molar-refractivity contribution in [2.75, 3.05) is 6.61 Å². The molecule has 1 atom stereocenters. The van der Waals surface area contributed by atoms with Gasteiger partial charge in [0.25, 0.3) is 5.56 Å². The smallest absolute Gasteiger partial charge is 0.266 e. The average Bonchev–Trinajstić information content (AvgIpc) is 2.48. The van der Waals surface area contributed by atoms with Gasteiger partial charge in [0, 0.05) is 11.5 Å². The third kappa shape index (κ3) is 4.45. The number of hydrogen-bond donors (Lipinski definition) is 1. The summed E-state index contributed by atoms with van der Waals surface area (Å²) in [5, 5.41) is 14.6. The summed E-state index contributed by atoms with van der Waals surface area (Å²) in [7, 11) is 0. The van der Waals surface area contributed by atoms with E-state index >= 15 is 0 Å². The van der Waals surface area contributed by atoms with Gasteiger partial charge in [0.05, 0.1) is 12.2 Å². The van der Waals surface area contributed by atoms with Crippen molar-refractivity contribution in [1.82, 2.24) is 9.78 Å². The summed E-state index contributed by atoms with van der Waals surface area (Å²) in [5.74, 6) is 0.778. The molecule has 0 radical (unpaired) electrons. The summed E-state index contributed by atoms with van der Waals surface area (Å²) in [6.07, 6.45) is -0.815. The molecule has 0 fully saturated rings. The Labute approximate surface area is 142 Å². The van der Waals surface area contributed by atoms with Crippen LogP contribution in [0.25, 0.3) is 0 Å². The molecule has 0 saturated carbocycles. The molecule has 1 N–H and O–H groups in total. The highest BCUT2D eigenvalue weighted by Gasteiger charge is 2.18. The zero-order chi connectivity index (χ0) is 17.9. The molecule has 0 aliphatic heterocycles. The van der Waals surface area contributed by atoms with Gasteiger partial charge in [0.2, 0.25) is 0 Å². The first-order valence-corrected chi connectivity index (χ1v) is 8.14. The number of ether oxygens (including phenoxy) is 1. The van der Waals surface area contributed by atoms with E-state index in [2.05, 4.69) is 5.10 Å². The van der Waals surface area contributed by atoms with Crippen LogP contribution in [-0.4, -0.2) is 27.6 Å². The van der Waals surface area contributed by atoms with Gasteiger partial charge >= 0.3 is 0 Å². The number of aromatic nitrogens is 2. The second-order valence-electron chi connectivity index (χ2n) is 7.17. The number of para-hydroxylation sites is 1. The van der Waals surface area contributed by atoms with E-state index in [1.165, 1.54) is 10.7 Å². The summed E-state index contributed by atoms with van der Waals surface area (Å²) in [5.41, 5.74) is 2.47. The molecule has 1 aromatic heterocycles. The summed E-state index contributed by atoms with van der Waals surface area (Å²) in [4.78, 5) is 12.0. The minimum Gasteiger partial charge on any atom is -0.490 e. The van der Waals surface area contributed by atoms with Gasteiger partial charge in [-0.2, -0.15) is 5.10 Å². The van der Waals surface area contributed by atoms with Gasteiger partial charge < -0.3 is 9.84 Å². The molecule has 130 valence electrons. The molecule has 0 saturated heterocycles. The molecule has 0 aliphatic rings. The summed E-state index contributed by atoms with van der Waals surface area (Å²) >= 11 is 0. The van der Waals surface area contributed by atoms with E-state index in [1.807, 2.05) is 52.8 Å². The molecule has 1 unspecified atom stereocenters. The largest absolute Gasteiger partial charge is 0.490 e. The predicted octanol–water partition coefficient (Wildman–Crippen LogP) is 2.60. The molecule has 0 bridgehead atoms. The topological polar surface area (TPSA) is 64.3 Å². The fourth-order valence-electron chi connectivity index (χ4n) is 2.44. The fraction of sp³-hybridized carbons (Fsp3) is 0.474. The van der Waals surface area contributed by atoms with Crippen LogP contribution in [0.1, 0.15) is 37.6 Å². The van der Waals surface area contributed by atoms with Gasteiger partial charge in [0.1, 0.15) is 18.5 Å². The van der Waals surface area contributed by atoms with Crippen LogP contribution in [0.3, 0.4) is 0 Å². The maximum absolute atomic E-state index is 12.0. The summed E-state index contributed by atoms with van der Waals surface area (Å²) < 4.78 is 7.05. The zero-order valence-corrected chi connectivity index (χ0v) is 15.0. The lowest BCUT2D eigenvalue weighted by atomic mass is 9.92. The second kappa shape index (κ2) is 7.18. The Morgan fingerprint density at radius 2 is 1.79 bits per heavy atom. The lowest BCUT2D eigenvalue weighted by Crippen LogP contribution is -2.33. The van der Waals surface area contributed by atoms with Crippen molar-refractivity contribution in [2.24, 2.45) is 0 Å². The van der Waals surface area contributed by atoms with Crippen molar-refractivity contribution in [3.8, 4) is 5.75 Å². The van der Waals surface area contributed by atoms with Gasteiger partial charge in [-0.3, -0.25) is 4.79 Å². The Morgan fingerprint density at radius 1 is 1.17 bits per heavy atom. The molecular weight excluding hydrogens is 304 g/mol. The van der Waals surface area contributed by atoms with Crippen LogP contribution in [0.2, 0.25) is 0 Å². The van der Waals surface area contributed by atoms with Crippen LogP contribution in [0, 0.1) is 13.8 Å². The van der Waals surface area contributed by atoms with Gasteiger partial charge in [-0.25, -0.2) is 4.68 Å². The van der Waals surface area contributed by atoms with Gasteiger partial charge in [-0.1, -0.05) is 39.0 Å². The lowest BCUT2D eigenvalue weighted by Gasteiger charge is -2.20. The molecule has 2 aromatic rings. The number of benzene rings is 1. The van der Waals surface area contributed by atoms with Crippen LogP contribution in [0.15, 0.2) is 35.1 Å². The van der Waals surface area contributed by atoms with Crippen LogP contribution >= 0.6 is 0 Å². The van der Waals surface area contributed by atoms with E-state index in [0.717, 1.165) is 22.6 Å². The maximum atomic E-state index is 12.0. The fourth-order valence-corrected chi connectivity index (χ4v) is 2.44. The standard InChI is InChI=1S/C19H26N2O3/c1-13-7-6-8-14(2)18(13)24-12-15(22)11-21-17(23)10-9-16(20-21)19(3,4)5/h6-10,15,22H,11-12H2,1-5H3. The zero-order valence-electron chi connectivity index (χ0n) is 15.0. The summed E-state index contributed by atoms with van der Waals surface area (Å²) in [6, 6.07) is 9.13. The van der Waals surface area contributed by atoms with E-state index in [-0.39, 0.29) is 24.1 Å². The Morgan fingerprint density at radius 3 is 2.38 bits per heavy atom. The first-order valence-electron chi connectivity index (χ1n) is 8.14. The molecule has 1 aromatic carbocycles. The third-order valence-electron chi connectivity index (χ3n) is 3.85. The molecule has 0 spiro atoms. The number of aliphatic hydroxyl groups is 1. The molecule has 2 rings (SSSR count). The van der Waals surface area contributed by atoms with Crippen molar-refractivity contribution in [3.05, 3.63) is 57.5 Å². The van der Waals surface area contributed by atoms with E-state index in [1.54, 1.807) is 6.07 Å². The number of hydrogen-bond acceptors (Lipinski definition) is 4. The molecular formula is C19H26N2O3. The Bertz CT molecular complexity index is 740. The summed E-state index contributed by atoms with van der Waals surface area (Å²) in [6.45, 7) is 10.2. The van der Waals surface area contributed by atoms with Crippen LogP contribution < -0.4 is 10.3 Å². The molecule has 5 nitrogen and oxygen atoms in total. The van der Waals surface area contributed by atoms with Crippen LogP contribution in [0.4, 0.5) is 0 Å². The quantitative estimate of drug-likeness (QED) is 0.915. The van der Waals surface area contributed by atoms with Crippen molar-refractivity contribution in [2.45, 2.75) is 52.7 Å².